The number of hydrogen-bond acceptors (Lipinski definition) is 4. The van der Waals surface area contributed by atoms with Crippen LogP contribution in [0.1, 0.15) is 20.8 Å². The predicted octanol–water partition coefficient (Wildman–Crippen LogP) is 1.68. The van der Waals surface area contributed by atoms with Gasteiger partial charge in [0.15, 0.2) is 0 Å². The van der Waals surface area contributed by atoms with Gasteiger partial charge in [0.25, 0.3) is 0 Å². The number of thioether (sulfide) groups is 1. The van der Waals surface area contributed by atoms with E-state index in [1.165, 1.54) is 25.6 Å². The Bertz CT molecular complexity index is 352. The van der Waals surface area contributed by atoms with Crippen LogP contribution in [-0.2, 0) is 4.79 Å². The lowest BCUT2D eigenvalue weighted by molar-refractivity contribution is -0.154. The molecule has 0 heterocycles. The number of amides is 1. The molecule has 110 valence electrons. The molecule has 0 aromatic carbocycles. The van der Waals surface area contributed by atoms with Crippen molar-refractivity contribution in [1.29, 1.82) is 5.26 Å². The molecule has 0 spiro atoms. The van der Waals surface area contributed by atoms with Crippen molar-refractivity contribution < 1.29 is 18.0 Å². The summed E-state index contributed by atoms with van der Waals surface area (Å²) in [5.41, 5.74) is -1.11. The molecule has 2 atom stereocenters. The highest BCUT2D eigenvalue weighted by Crippen LogP contribution is 2.20. The van der Waals surface area contributed by atoms with Crippen LogP contribution >= 0.6 is 11.8 Å². The number of alkyl halides is 3. The van der Waals surface area contributed by atoms with Crippen molar-refractivity contribution in [3.8, 4) is 6.07 Å². The fourth-order valence-corrected chi connectivity index (χ4v) is 1.77. The monoisotopic (exact) mass is 297 g/mol. The molecule has 0 rings (SSSR count). The van der Waals surface area contributed by atoms with E-state index < -0.39 is 29.7 Å². The maximum Gasteiger partial charge on any atom is 0.403 e. The maximum atomic E-state index is 12.5. The van der Waals surface area contributed by atoms with Gasteiger partial charge in [-0.05, 0) is 27.0 Å². The van der Waals surface area contributed by atoms with Gasteiger partial charge in [-0.15, -0.1) is 0 Å². The van der Waals surface area contributed by atoms with Crippen molar-refractivity contribution >= 4 is 17.7 Å². The summed E-state index contributed by atoms with van der Waals surface area (Å²) in [6.45, 7) is 3.92. The summed E-state index contributed by atoms with van der Waals surface area (Å²) in [6, 6.07) is -0.928. The molecular weight excluding hydrogens is 279 g/mol. The van der Waals surface area contributed by atoms with E-state index in [4.69, 9.17) is 5.26 Å². The number of nitriles is 1. The first kappa shape index (κ1) is 18.1. The fourth-order valence-electron chi connectivity index (χ4n) is 1.19. The number of nitrogens with zero attached hydrogens (tertiary/aromatic N) is 1. The van der Waals surface area contributed by atoms with Crippen molar-refractivity contribution in [2.45, 2.75) is 44.6 Å². The van der Waals surface area contributed by atoms with E-state index in [1.54, 1.807) is 6.26 Å². The SMILES string of the molecule is CSCC(NC(C)C(F)(F)F)C(=O)NC(C)(C)C#N. The van der Waals surface area contributed by atoms with Gasteiger partial charge >= 0.3 is 6.18 Å². The Balaban J connectivity index is 4.74. The summed E-state index contributed by atoms with van der Waals surface area (Å²) in [7, 11) is 0. The predicted molar refractivity (Wildman–Crippen MR) is 68.7 cm³/mol. The first-order chi connectivity index (χ1) is 8.53. The third-order valence-corrected chi connectivity index (χ3v) is 2.97. The largest absolute Gasteiger partial charge is 0.403 e. The zero-order chi connectivity index (χ0) is 15.3. The second-order valence-electron chi connectivity index (χ2n) is 4.66. The molecule has 0 fully saturated rings. The van der Waals surface area contributed by atoms with Crippen molar-refractivity contribution in [2.24, 2.45) is 0 Å². The summed E-state index contributed by atoms with van der Waals surface area (Å²) in [6.07, 6.45) is -2.72. The molecule has 0 radical (unpaired) electrons. The van der Waals surface area contributed by atoms with E-state index in [-0.39, 0.29) is 5.75 Å². The smallest absolute Gasteiger partial charge is 0.337 e. The van der Waals surface area contributed by atoms with E-state index in [0.717, 1.165) is 6.92 Å². The van der Waals surface area contributed by atoms with Crippen molar-refractivity contribution in [1.82, 2.24) is 10.6 Å². The Labute approximate surface area is 115 Å². The number of rotatable bonds is 6. The quantitative estimate of drug-likeness (QED) is 0.783. The molecule has 1 amide bonds. The topological polar surface area (TPSA) is 64.9 Å². The average Bonchev–Trinajstić information content (AvgIpc) is 2.26. The Morgan fingerprint density at radius 2 is 1.95 bits per heavy atom. The third kappa shape index (κ3) is 6.68. The number of carbonyl (C=O) groups is 1. The molecule has 2 N–H and O–H groups in total. The van der Waals surface area contributed by atoms with E-state index >= 15 is 0 Å². The van der Waals surface area contributed by atoms with Crippen LogP contribution in [0.4, 0.5) is 13.2 Å². The zero-order valence-electron chi connectivity index (χ0n) is 11.3. The first-order valence-corrected chi connectivity index (χ1v) is 6.98. The Kier molecular flexibility index (Phi) is 6.66. The molecule has 8 heteroatoms. The Hall–Kier alpha value is -0.940. The van der Waals surface area contributed by atoms with Crippen LogP contribution in [0.5, 0.6) is 0 Å². The summed E-state index contributed by atoms with van der Waals surface area (Å²) < 4.78 is 37.4. The molecule has 0 saturated carbocycles. The molecule has 0 aliphatic heterocycles. The molecule has 0 aromatic rings. The molecule has 0 aromatic heterocycles. The van der Waals surface area contributed by atoms with E-state index in [1.807, 2.05) is 6.07 Å². The van der Waals surface area contributed by atoms with Gasteiger partial charge in [0, 0.05) is 5.75 Å². The molecule has 4 nitrogen and oxygen atoms in total. The molecule has 0 bridgehead atoms. The molecule has 2 unspecified atom stereocenters. The van der Waals surface area contributed by atoms with E-state index in [0.29, 0.717) is 0 Å². The molecular formula is C11H18F3N3OS. The Morgan fingerprint density at radius 1 is 1.42 bits per heavy atom. The highest BCUT2D eigenvalue weighted by molar-refractivity contribution is 7.98. The van der Waals surface area contributed by atoms with Crippen LogP contribution in [0.25, 0.3) is 0 Å². The molecule has 0 aliphatic carbocycles. The van der Waals surface area contributed by atoms with Crippen LogP contribution < -0.4 is 10.6 Å². The van der Waals surface area contributed by atoms with Gasteiger partial charge in [-0.1, -0.05) is 0 Å². The van der Waals surface area contributed by atoms with Crippen LogP contribution in [0.15, 0.2) is 0 Å². The second kappa shape index (κ2) is 7.01. The molecule has 19 heavy (non-hydrogen) atoms. The minimum atomic E-state index is -4.41. The van der Waals surface area contributed by atoms with Gasteiger partial charge in [-0.3, -0.25) is 10.1 Å². The average molecular weight is 297 g/mol. The van der Waals surface area contributed by atoms with Crippen LogP contribution in [0, 0.1) is 11.3 Å². The Morgan fingerprint density at radius 3 is 2.32 bits per heavy atom. The summed E-state index contributed by atoms with van der Waals surface area (Å²) >= 11 is 1.25. The lowest BCUT2D eigenvalue weighted by Gasteiger charge is -2.26. The standard InChI is InChI=1S/C11H18F3N3OS/c1-7(11(12,13)14)16-8(5-19-4)9(18)17-10(2,3)6-15/h7-8,16H,5H2,1-4H3,(H,17,18). The summed E-state index contributed by atoms with van der Waals surface area (Å²) in [5.74, 6) is -0.426. The van der Waals surface area contributed by atoms with Gasteiger partial charge in [0.1, 0.15) is 11.6 Å². The maximum absolute atomic E-state index is 12.5. The van der Waals surface area contributed by atoms with E-state index in [9.17, 15) is 18.0 Å². The van der Waals surface area contributed by atoms with Gasteiger partial charge < -0.3 is 5.32 Å². The minimum absolute atomic E-state index is 0.188. The normalized spacial score (nSPS) is 15.5. The number of hydrogen-bond donors (Lipinski definition) is 2. The minimum Gasteiger partial charge on any atom is -0.337 e. The van der Waals surface area contributed by atoms with Gasteiger partial charge in [0.2, 0.25) is 5.91 Å². The highest BCUT2D eigenvalue weighted by Gasteiger charge is 2.38. The van der Waals surface area contributed by atoms with Gasteiger partial charge in [0.05, 0.1) is 12.1 Å². The number of nitrogens with one attached hydrogen (secondary N) is 2. The van der Waals surface area contributed by atoms with Crippen molar-refractivity contribution in [2.75, 3.05) is 12.0 Å². The third-order valence-electron chi connectivity index (χ3n) is 2.31. The van der Waals surface area contributed by atoms with Gasteiger partial charge in [-0.25, -0.2) is 0 Å². The summed E-state index contributed by atoms with van der Waals surface area (Å²) in [5, 5.41) is 13.4. The zero-order valence-corrected chi connectivity index (χ0v) is 12.1. The lowest BCUT2D eigenvalue weighted by atomic mass is 10.1. The molecule has 0 saturated heterocycles. The molecule has 0 aliphatic rings. The van der Waals surface area contributed by atoms with Crippen molar-refractivity contribution in [3.05, 3.63) is 0 Å². The first-order valence-electron chi connectivity index (χ1n) is 5.58. The van der Waals surface area contributed by atoms with Crippen molar-refractivity contribution in [3.63, 3.8) is 0 Å². The number of carbonyl (C=O) groups excluding carboxylic acids is 1. The van der Waals surface area contributed by atoms with Crippen LogP contribution in [0.3, 0.4) is 0 Å². The van der Waals surface area contributed by atoms with Crippen LogP contribution in [-0.4, -0.2) is 41.7 Å². The van der Waals surface area contributed by atoms with Gasteiger partial charge in [-0.2, -0.15) is 30.2 Å². The fraction of sp³-hybridized carbons (Fsp3) is 0.818. The number of halogens is 3. The van der Waals surface area contributed by atoms with E-state index in [2.05, 4.69) is 10.6 Å². The highest BCUT2D eigenvalue weighted by atomic mass is 32.2. The van der Waals surface area contributed by atoms with Crippen LogP contribution in [0.2, 0.25) is 0 Å². The lowest BCUT2D eigenvalue weighted by Crippen LogP contribution is -2.56. The second-order valence-corrected chi connectivity index (χ2v) is 5.57. The summed E-state index contributed by atoms with van der Waals surface area (Å²) in [4.78, 5) is 11.9.